The van der Waals surface area contributed by atoms with Crippen LogP contribution in [0.2, 0.25) is 0 Å². The van der Waals surface area contributed by atoms with Gasteiger partial charge in [0.1, 0.15) is 0 Å². The largest absolute Gasteiger partial charge is 0.345 e. The summed E-state index contributed by atoms with van der Waals surface area (Å²) < 4.78 is 27.2. The van der Waals surface area contributed by atoms with Crippen LogP contribution in [0.25, 0.3) is 0 Å². The van der Waals surface area contributed by atoms with Gasteiger partial charge in [-0.3, -0.25) is 0 Å². The predicted octanol–water partition coefficient (Wildman–Crippen LogP) is 1.96. The van der Waals surface area contributed by atoms with Crippen molar-refractivity contribution in [3.05, 3.63) is 0 Å². The van der Waals surface area contributed by atoms with Gasteiger partial charge >= 0.3 is 6.61 Å². The molecule has 0 saturated heterocycles. The first kappa shape index (κ1) is 11.8. The third kappa shape index (κ3) is 5.43. The van der Waals surface area contributed by atoms with E-state index in [1.807, 2.05) is 20.9 Å². The second-order valence-corrected chi connectivity index (χ2v) is 2.84. The molecule has 0 bridgehead atoms. The molecule has 12 heavy (non-hydrogen) atoms. The molecule has 0 aromatic heterocycles. The number of ether oxygens (including phenoxy) is 1. The molecule has 0 fully saturated rings. The van der Waals surface area contributed by atoms with Crippen LogP contribution in [-0.2, 0) is 4.74 Å². The fourth-order valence-corrected chi connectivity index (χ4v) is 0.860. The van der Waals surface area contributed by atoms with Crippen molar-refractivity contribution in [2.45, 2.75) is 32.9 Å². The zero-order valence-corrected chi connectivity index (χ0v) is 7.89. The number of hydrogen-bond donors (Lipinski definition) is 0. The number of alkyl halides is 2. The predicted molar refractivity (Wildman–Crippen MR) is 44.3 cm³/mol. The average Bonchev–Trinajstić information content (AvgIpc) is 2.02. The molecule has 0 aliphatic rings. The summed E-state index contributed by atoms with van der Waals surface area (Å²) in [5.74, 6) is 0. The van der Waals surface area contributed by atoms with Crippen molar-refractivity contribution in [3.63, 3.8) is 0 Å². The lowest BCUT2D eigenvalue weighted by Crippen LogP contribution is -2.29. The lowest BCUT2D eigenvalue weighted by Gasteiger charge is -2.22. The number of nitrogens with zero attached hydrogens (tertiary/aromatic N) is 1. The molecule has 0 aliphatic heterocycles. The fraction of sp³-hybridized carbons (Fsp3) is 1.00. The third-order valence-corrected chi connectivity index (χ3v) is 2.03. The highest BCUT2D eigenvalue weighted by atomic mass is 19.3. The Labute approximate surface area is 72.5 Å². The van der Waals surface area contributed by atoms with E-state index in [-0.39, 0.29) is 6.61 Å². The zero-order valence-electron chi connectivity index (χ0n) is 7.89. The molecule has 0 spiro atoms. The standard InChI is InChI=1S/C8H17F2NO/c1-4-11(3)7(2)5-6-12-8(9)10/h7-8H,4-6H2,1-3H3/t7-/m1/s1. The number of rotatable bonds is 6. The van der Waals surface area contributed by atoms with Gasteiger partial charge in [-0.25, -0.2) is 0 Å². The van der Waals surface area contributed by atoms with E-state index in [9.17, 15) is 8.78 Å². The van der Waals surface area contributed by atoms with Gasteiger partial charge in [0.05, 0.1) is 6.61 Å². The lowest BCUT2D eigenvalue weighted by atomic mass is 10.2. The molecule has 74 valence electrons. The van der Waals surface area contributed by atoms with Crippen molar-refractivity contribution in [1.82, 2.24) is 4.90 Å². The van der Waals surface area contributed by atoms with Gasteiger partial charge < -0.3 is 9.64 Å². The summed E-state index contributed by atoms with van der Waals surface area (Å²) in [6, 6.07) is 0.300. The molecular formula is C8H17F2NO. The first-order chi connectivity index (χ1) is 5.57. The molecule has 2 nitrogen and oxygen atoms in total. The van der Waals surface area contributed by atoms with Crippen molar-refractivity contribution in [2.75, 3.05) is 20.2 Å². The highest BCUT2D eigenvalue weighted by molar-refractivity contribution is 4.60. The van der Waals surface area contributed by atoms with Crippen LogP contribution in [0.3, 0.4) is 0 Å². The minimum Gasteiger partial charge on any atom is -0.323 e. The van der Waals surface area contributed by atoms with Crippen molar-refractivity contribution < 1.29 is 13.5 Å². The van der Waals surface area contributed by atoms with Crippen molar-refractivity contribution >= 4 is 0 Å². The SMILES string of the molecule is CCN(C)[C@H](C)CCOC(F)F. The topological polar surface area (TPSA) is 12.5 Å². The minimum absolute atomic E-state index is 0.128. The van der Waals surface area contributed by atoms with E-state index in [1.54, 1.807) is 0 Å². The van der Waals surface area contributed by atoms with E-state index in [0.717, 1.165) is 6.54 Å². The molecule has 0 aromatic rings. The minimum atomic E-state index is -2.64. The highest BCUT2D eigenvalue weighted by Gasteiger charge is 2.08. The van der Waals surface area contributed by atoms with Crippen LogP contribution in [0.5, 0.6) is 0 Å². The third-order valence-electron chi connectivity index (χ3n) is 2.03. The van der Waals surface area contributed by atoms with E-state index in [2.05, 4.69) is 9.64 Å². The van der Waals surface area contributed by atoms with Gasteiger partial charge in [0, 0.05) is 6.04 Å². The lowest BCUT2D eigenvalue weighted by molar-refractivity contribution is -0.131. The molecule has 0 N–H and O–H groups in total. The molecule has 0 rings (SSSR count). The quantitative estimate of drug-likeness (QED) is 0.621. The molecule has 0 unspecified atom stereocenters. The van der Waals surface area contributed by atoms with E-state index in [0.29, 0.717) is 12.5 Å². The maximum absolute atomic E-state index is 11.5. The summed E-state index contributed by atoms with van der Waals surface area (Å²) >= 11 is 0. The van der Waals surface area contributed by atoms with Crippen LogP contribution < -0.4 is 0 Å². The van der Waals surface area contributed by atoms with Gasteiger partial charge in [0.15, 0.2) is 0 Å². The summed E-state index contributed by atoms with van der Waals surface area (Å²) in [7, 11) is 1.97. The molecule has 0 saturated carbocycles. The van der Waals surface area contributed by atoms with Crippen molar-refractivity contribution in [2.24, 2.45) is 0 Å². The van der Waals surface area contributed by atoms with Gasteiger partial charge in [0.2, 0.25) is 0 Å². The molecule has 0 heterocycles. The second kappa shape index (κ2) is 6.31. The normalized spacial score (nSPS) is 14.2. The fourth-order valence-electron chi connectivity index (χ4n) is 0.860. The van der Waals surface area contributed by atoms with E-state index < -0.39 is 6.61 Å². The zero-order chi connectivity index (χ0) is 9.56. The van der Waals surface area contributed by atoms with Crippen molar-refractivity contribution in [1.29, 1.82) is 0 Å². The first-order valence-corrected chi connectivity index (χ1v) is 4.18. The Hall–Kier alpha value is -0.220. The van der Waals surface area contributed by atoms with Gasteiger partial charge in [0.25, 0.3) is 0 Å². The van der Waals surface area contributed by atoms with Crippen LogP contribution in [0.4, 0.5) is 8.78 Å². The number of halogens is 2. The van der Waals surface area contributed by atoms with E-state index in [4.69, 9.17) is 0 Å². The van der Waals surface area contributed by atoms with E-state index >= 15 is 0 Å². The monoisotopic (exact) mass is 181 g/mol. The van der Waals surface area contributed by atoms with E-state index in [1.165, 1.54) is 0 Å². The Morgan fingerprint density at radius 3 is 2.42 bits per heavy atom. The van der Waals surface area contributed by atoms with Crippen LogP contribution in [-0.4, -0.2) is 37.8 Å². The van der Waals surface area contributed by atoms with Crippen LogP contribution >= 0.6 is 0 Å². The van der Waals surface area contributed by atoms with Crippen LogP contribution in [0, 0.1) is 0 Å². The molecule has 4 heteroatoms. The summed E-state index contributed by atoms with van der Waals surface area (Å²) in [6.45, 7) is 2.45. The summed E-state index contributed by atoms with van der Waals surface area (Å²) in [5.41, 5.74) is 0. The molecule has 0 aromatic carbocycles. The first-order valence-electron chi connectivity index (χ1n) is 4.18. The Kier molecular flexibility index (Phi) is 6.20. The van der Waals surface area contributed by atoms with Gasteiger partial charge in [-0.15, -0.1) is 0 Å². The smallest absolute Gasteiger partial charge is 0.323 e. The molecule has 1 atom stereocenters. The molecule has 0 amide bonds. The maximum Gasteiger partial charge on any atom is 0.345 e. The van der Waals surface area contributed by atoms with Crippen molar-refractivity contribution in [3.8, 4) is 0 Å². The Morgan fingerprint density at radius 1 is 1.42 bits per heavy atom. The summed E-state index contributed by atoms with van der Waals surface area (Å²) in [4.78, 5) is 2.09. The Bertz CT molecular complexity index is 111. The maximum atomic E-state index is 11.5. The number of hydrogen-bond acceptors (Lipinski definition) is 2. The molecule has 0 aliphatic carbocycles. The van der Waals surface area contributed by atoms with Crippen LogP contribution in [0.15, 0.2) is 0 Å². The molecular weight excluding hydrogens is 164 g/mol. The van der Waals surface area contributed by atoms with Crippen LogP contribution in [0.1, 0.15) is 20.3 Å². The second-order valence-electron chi connectivity index (χ2n) is 2.84. The van der Waals surface area contributed by atoms with Gasteiger partial charge in [-0.05, 0) is 26.9 Å². The molecule has 0 radical (unpaired) electrons. The average molecular weight is 181 g/mol. The van der Waals surface area contributed by atoms with Gasteiger partial charge in [-0.1, -0.05) is 6.92 Å². The summed E-state index contributed by atoms with van der Waals surface area (Å²) in [6.07, 6.45) is 0.648. The Balaban J connectivity index is 3.37. The highest BCUT2D eigenvalue weighted by Crippen LogP contribution is 2.03. The van der Waals surface area contributed by atoms with Gasteiger partial charge in [-0.2, -0.15) is 8.78 Å². The summed E-state index contributed by atoms with van der Waals surface area (Å²) in [5, 5.41) is 0. The Morgan fingerprint density at radius 2 is 2.00 bits per heavy atom.